The maximum Gasteiger partial charge on any atom is 0.418 e. The number of piperidine rings is 1. The third kappa shape index (κ3) is 7.90. The van der Waals surface area contributed by atoms with Gasteiger partial charge in [-0.2, -0.15) is 13.2 Å². The van der Waals surface area contributed by atoms with Crippen LogP contribution in [-0.4, -0.2) is 114 Å². The molecule has 50 heavy (non-hydrogen) atoms. The Morgan fingerprint density at radius 1 is 1.04 bits per heavy atom. The number of piperazine rings is 1. The van der Waals surface area contributed by atoms with Crippen LogP contribution in [-0.2, 0) is 28.5 Å². The highest BCUT2D eigenvalue weighted by Crippen LogP contribution is 2.38. The summed E-state index contributed by atoms with van der Waals surface area (Å²) >= 11 is 6.10. The Labute approximate surface area is 293 Å². The highest BCUT2D eigenvalue weighted by molar-refractivity contribution is 6.33. The molecule has 4 heterocycles. The van der Waals surface area contributed by atoms with Crippen molar-refractivity contribution in [3.05, 3.63) is 63.3 Å². The summed E-state index contributed by atoms with van der Waals surface area (Å²) < 4.78 is 46.4. The molecule has 12 nitrogen and oxygen atoms in total. The first-order valence-corrected chi connectivity index (χ1v) is 17.5. The Kier molecular flexibility index (Phi) is 10.7. The standard InChI is InChI=1S/C34H43ClF3N7O5/c35-27-20-22(19-26(30(27)39)34(36,37)38)21-29(31(46)42-13-15-45(49,16-14-42)25-8-17-50-18-9-25)41-32(47)43-10-6-24(7-11-43)44-12-5-23-3-1-2-4-28(23)40-33(44)48/h1-4,19-20,24-25,29H,5-18,21,39H2,(H,40,48)(H,41,47)/t29-/m1/s1. The SMILES string of the molecule is Nc1c(Cl)cc(C[C@@H](NC(=O)N2CCC(N3CCc4ccccc4NC3=O)CC2)C(=O)N2CC[N+]([O-])(C3CCOCC3)CC2)cc1C(F)(F)F. The molecule has 4 N–H and O–H groups in total. The summed E-state index contributed by atoms with van der Waals surface area (Å²) in [5.41, 5.74) is 5.82. The number of carbonyl (C=O) groups is 3. The van der Waals surface area contributed by atoms with E-state index in [0.29, 0.717) is 65.0 Å². The van der Waals surface area contributed by atoms with Crippen molar-refractivity contribution in [2.45, 2.75) is 62.8 Å². The first-order valence-electron chi connectivity index (χ1n) is 17.1. The number of ether oxygens (including phenoxy) is 1. The molecule has 16 heteroatoms. The molecule has 0 spiro atoms. The zero-order valence-electron chi connectivity index (χ0n) is 27.7. The minimum atomic E-state index is -4.78. The van der Waals surface area contributed by atoms with Gasteiger partial charge in [-0.05, 0) is 48.6 Å². The largest absolute Gasteiger partial charge is 0.632 e. The number of hydrogen-bond donors (Lipinski definition) is 3. The van der Waals surface area contributed by atoms with Crippen LogP contribution < -0.4 is 16.4 Å². The zero-order chi connectivity index (χ0) is 35.6. The predicted octanol–water partition coefficient (Wildman–Crippen LogP) is 4.45. The van der Waals surface area contributed by atoms with Crippen LogP contribution in [0.1, 0.15) is 42.4 Å². The lowest BCUT2D eigenvalue weighted by atomic mass is 10.00. The number of benzene rings is 2. The quantitative estimate of drug-likeness (QED) is 0.229. The van der Waals surface area contributed by atoms with Crippen LogP contribution in [0.3, 0.4) is 0 Å². The van der Waals surface area contributed by atoms with E-state index in [1.165, 1.54) is 11.0 Å². The van der Waals surface area contributed by atoms with Crippen LogP contribution in [0, 0.1) is 5.21 Å². The highest BCUT2D eigenvalue weighted by Gasteiger charge is 2.39. The number of nitrogens with one attached hydrogen (secondary N) is 2. The third-order valence-electron chi connectivity index (χ3n) is 10.5. The number of anilines is 2. The molecular formula is C34H43ClF3N7O5. The van der Waals surface area contributed by atoms with E-state index in [-0.39, 0.29) is 61.3 Å². The molecule has 0 radical (unpaired) electrons. The lowest BCUT2D eigenvalue weighted by Gasteiger charge is -2.54. The Morgan fingerprint density at radius 3 is 2.40 bits per heavy atom. The number of alkyl halides is 3. The van der Waals surface area contributed by atoms with E-state index >= 15 is 0 Å². The summed E-state index contributed by atoms with van der Waals surface area (Å²) in [6.45, 7) is 2.83. The summed E-state index contributed by atoms with van der Waals surface area (Å²) in [6.07, 6.45) is -2.05. The molecule has 2 aromatic rings. The lowest BCUT2D eigenvalue weighted by Crippen LogP contribution is -2.64. The van der Waals surface area contributed by atoms with Crippen LogP contribution in [0.4, 0.5) is 34.1 Å². The van der Waals surface area contributed by atoms with Gasteiger partial charge in [-0.1, -0.05) is 29.8 Å². The molecule has 0 aliphatic carbocycles. The molecule has 4 aliphatic heterocycles. The zero-order valence-corrected chi connectivity index (χ0v) is 28.5. The minimum absolute atomic E-state index is 0.0789. The van der Waals surface area contributed by atoms with Crippen LogP contribution >= 0.6 is 11.6 Å². The summed E-state index contributed by atoms with van der Waals surface area (Å²) in [7, 11) is 0. The van der Waals surface area contributed by atoms with Crippen molar-refractivity contribution in [2.24, 2.45) is 0 Å². The first-order chi connectivity index (χ1) is 23.8. The van der Waals surface area contributed by atoms with E-state index in [4.69, 9.17) is 22.1 Å². The monoisotopic (exact) mass is 721 g/mol. The van der Waals surface area contributed by atoms with Gasteiger partial charge >= 0.3 is 18.2 Å². The van der Waals surface area contributed by atoms with Crippen molar-refractivity contribution < 1.29 is 36.9 Å². The van der Waals surface area contributed by atoms with Gasteiger partial charge < -0.3 is 45.7 Å². The maximum absolute atomic E-state index is 14.0. The van der Waals surface area contributed by atoms with E-state index in [1.54, 1.807) is 9.80 Å². The van der Waals surface area contributed by atoms with Gasteiger partial charge in [-0.3, -0.25) is 4.79 Å². The van der Waals surface area contributed by atoms with Crippen LogP contribution in [0.5, 0.6) is 0 Å². The Balaban J connectivity index is 1.14. The van der Waals surface area contributed by atoms with Crippen molar-refractivity contribution in [1.29, 1.82) is 0 Å². The van der Waals surface area contributed by atoms with Gasteiger partial charge in [0.2, 0.25) is 5.91 Å². The fourth-order valence-corrected chi connectivity index (χ4v) is 7.83. The molecule has 3 fully saturated rings. The number of hydrogen-bond acceptors (Lipinski definition) is 6. The number of carbonyl (C=O) groups excluding carboxylic acids is 3. The average Bonchev–Trinajstić information content (AvgIpc) is 3.27. The second-order valence-corrected chi connectivity index (χ2v) is 14.0. The minimum Gasteiger partial charge on any atom is -0.632 e. The Bertz CT molecular complexity index is 1570. The number of halogens is 4. The van der Waals surface area contributed by atoms with Crippen LogP contribution in [0.25, 0.3) is 0 Å². The number of hydroxylamine groups is 3. The van der Waals surface area contributed by atoms with Crippen LogP contribution in [0.15, 0.2) is 36.4 Å². The maximum atomic E-state index is 14.0. The van der Waals surface area contributed by atoms with Gasteiger partial charge in [0.25, 0.3) is 0 Å². The first kappa shape index (κ1) is 36.0. The number of likely N-dealkylation sites (tertiary alicyclic amines) is 1. The summed E-state index contributed by atoms with van der Waals surface area (Å²) in [6, 6.07) is 7.60. The molecule has 272 valence electrons. The third-order valence-corrected chi connectivity index (χ3v) is 10.8. The van der Waals surface area contributed by atoms with Crippen LogP contribution in [0.2, 0.25) is 5.02 Å². The van der Waals surface area contributed by atoms with Gasteiger partial charge in [0.15, 0.2) is 0 Å². The van der Waals surface area contributed by atoms with Crippen molar-refractivity contribution >= 4 is 40.9 Å². The fourth-order valence-electron chi connectivity index (χ4n) is 7.59. The second kappa shape index (κ2) is 14.8. The average molecular weight is 722 g/mol. The number of nitrogens with two attached hydrogens (primary N) is 1. The molecule has 4 aliphatic rings. The highest BCUT2D eigenvalue weighted by atomic mass is 35.5. The Hall–Kier alpha value is -3.79. The van der Waals surface area contributed by atoms with Crippen molar-refractivity contribution in [3.8, 4) is 0 Å². The second-order valence-electron chi connectivity index (χ2n) is 13.6. The molecular weight excluding hydrogens is 679 g/mol. The van der Waals surface area contributed by atoms with Crippen molar-refractivity contribution in [1.82, 2.24) is 20.0 Å². The van der Waals surface area contributed by atoms with E-state index in [0.717, 1.165) is 17.3 Å². The molecule has 1 atom stereocenters. The normalized spacial score (nSPS) is 21.2. The van der Waals surface area contributed by atoms with Gasteiger partial charge in [0, 0.05) is 50.6 Å². The van der Waals surface area contributed by atoms with Crippen molar-refractivity contribution in [3.63, 3.8) is 0 Å². The summed E-state index contributed by atoms with van der Waals surface area (Å²) in [5.74, 6) is -0.492. The van der Waals surface area contributed by atoms with Crippen molar-refractivity contribution in [2.75, 3.05) is 70.1 Å². The van der Waals surface area contributed by atoms with Gasteiger partial charge in [0.05, 0.1) is 61.7 Å². The molecule has 2 aromatic carbocycles. The molecule has 0 unspecified atom stereocenters. The van der Waals surface area contributed by atoms with Gasteiger partial charge in [-0.25, -0.2) is 9.59 Å². The topological polar surface area (TPSA) is 143 Å². The smallest absolute Gasteiger partial charge is 0.418 e. The number of quaternary nitrogens is 1. The number of urea groups is 2. The van der Waals surface area contributed by atoms with E-state index < -0.39 is 40.1 Å². The van der Waals surface area contributed by atoms with Gasteiger partial charge in [0.1, 0.15) is 6.04 Å². The molecule has 0 saturated carbocycles. The summed E-state index contributed by atoms with van der Waals surface area (Å²) in [4.78, 5) is 45.6. The van der Waals surface area contributed by atoms with E-state index in [1.807, 2.05) is 24.3 Å². The predicted molar refractivity (Wildman–Crippen MR) is 181 cm³/mol. The molecule has 0 aromatic heterocycles. The molecule has 6 rings (SSSR count). The van der Waals surface area contributed by atoms with E-state index in [2.05, 4.69) is 10.6 Å². The van der Waals surface area contributed by atoms with E-state index in [9.17, 15) is 32.8 Å². The number of amides is 5. The molecule has 0 bridgehead atoms. The van der Waals surface area contributed by atoms with Gasteiger partial charge in [-0.15, -0.1) is 0 Å². The number of para-hydroxylation sites is 1. The number of fused-ring (bicyclic) bond motifs is 1. The molecule has 5 amide bonds. The lowest BCUT2D eigenvalue weighted by molar-refractivity contribution is -0.910. The number of nitrogen functional groups attached to an aromatic ring is 1. The Morgan fingerprint density at radius 2 is 1.72 bits per heavy atom. The fraction of sp³-hybridized carbons (Fsp3) is 0.559. The number of nitrogens with zero attached hydrogens (tertiary/aromatic N) is 4. The molecule has 3 saturated heterocycles. The summed E-state index contributed by atoms with van der Waals surface area (Å²) in [5, 5.41) is 19.1. The number of rotatable bonds is 6.